The Kier molecular flexibility index (Phi) is 7.79. The van der Waals surface area contributed by atoms with Crippen LogP contribution in [0.25, 0.3) is 11.0 Å². The van der Waals surface area contributed by atoms with E-state index >= 15 is 0 Å². The molecule has 35 heavy (non-hydrogen) atoms. The molecule has 2 amide bonds. The van der Waals surface area contributed by atoms with Gasteiger partial charge in [0.25, 0.3) is 5.91 Å². The Bertz CT molecular complexity index is 1140. The van der Waals surface area contributed by atoms with Gasteiger partial charge in [-0.2, -0.15) is 0 Å². The standard InChI is InChI=1S/C27H36N2O6/c1-3-19-15-25(32)35-26-18(2)22(10-9-21(19)26)34-17-23(30)28-13-6-8-24(31)29-14-12-27(33)11-5-4-7-20(27)16-29/h9-10,15,20,33H,3-8,11-14,16-17H2,1-2H3,(H,28,30)/t20-,27+/m0/s1. The number of hydrogen-bond acceptors (Lipinski definition) is 6. The van der Waals surface area contributed by atoms with Crippen LogP contribution in [0.2, 0.25) is 0 Å². The van der Waals surface area contributed by atoms with Crippen LogP contribution >= 0.6 is 0 Å². The molecule has 1 aromatic carbocycles. The fourth-order valence-corrected chi connectivity index (χ4v) is 5.47. The van der Waals surface area contributed by atoms with Crippen molar-refractivity contribution in [3.8, 4) is 5.75 Å². The van der Waals surface area contributed by atoms with Crippen LogP contribution in [0.4, 0.5) is 0 Å². The van der Waals surface area contributed by atoms with Crippen molar-refractivity contribution in [2.45, 2.75) is 70.8 Å². The number of nitrogens with zero attached hydrogens (tertiary/aromatic N) is 1. The molecule has 0 unspecified atom stereocenters. The van der Waals surface area contributed by atoms with Gasteiger partial charge in [-0.15, -0.1) is 0 Å². The summed E-state index contributed by atoms with van der Waals surface area (Å²) in [5.41, 5.74) is 1.09. The van der Waals surface area contributed by atoms with Crippen molar-refractivity contribution in [3.63, 3.8) is 0 Å². The molecule has 2 N–H and O–H groups in total. The Labute approximate surface area is 205 Å². The Morgan fingerprint density at radius 3 is 2.91 bits per heavy atom. The van der Waals surface area contributed by atoms with Crippen LogP contribution in [0.15, 0.2) is 27.4 Å². The van der Waals surface area contributed by atoms with Gasteiger partial charge in [0.15, 0.2) is 6.61 Å². The molecule has 1 aliphatic heterocycles. The summed E-state index contributed by atoms with van der Waals surface area (Å²) in [5.74, 6) is 0.492. The van der Waals surface area contributed by atoms with Gasteiger partial charge in [0.05, 0.1) is 5.60 Å². The molecule has 1 aliphatic carbocycles. The van der Waals surface area contributed by atoms with Crippen molar-refractivity contribution >= 4 is 22.8 Å². The number of benzene rings is 1. The van der Waals surface area contributed by atoms with Crippen molar-refractivity contribution in [3.05, 3.63) is 39.7 Å². The molecule has 2 atom stereocenters. The maximum absolute atomic E-state index is 12.6. The summed E-state index contributed by atoms with van der Waals surface area (Å²) in [7, 11) is 0. The highest BCUT2D eigenvalue weighted by molar-refractivity contribution is 5.85. The van der Waals surface area contributed by atoms with Crippen LogP contribution in [0.1, 0.15) is 63.0 Å². The van der Waals surface area contributed by atoms with Crippen LogP contribution in [0.3, 0.4) is 0 Å². The first-order chi connectivity index (χ1) is 16.8. The molecule has 4 rings (SSSR count). The van der Waals surface area contributed by atoms with Gasteiger partial charge in [-0.05, 0) is 56.7 Å². The molecule has 2 heterocycles. The third-order valence-corrected chi connectivity index (χ3v) is 7.61. The first kappa shape index (κ1) is 25.2. The van der Waals surface area contributed by atoms with Crippen molar-refractivity contribution in [2.24, 2.45) is 5.92 Å². The maximum Gasteiger partial charge on any atom is 0.336 e. The van der Waals surface area contributed by atoms with Crippen LogP contribution < -0.4 is 15.7 Å². The van der Waals surface area contributed by atoms with Crippen LogP contribution in [-0.2, 0) is 16.0 Å². The molecule has 0 spiro atoms. The average molecular weight is 485 g/mol. The predicted octanol–water partition coefficient (Wildman–Crippen LogP) is 3.09. The fraction of sp³-hybridized carbons (Fsp3) is 0.593. The van der Waals surface area contributed by atoms with Gasteiger partial charge < -0.3 is 24.5 Å². The number of aryl methyl sites for hydroxylation is 2. The zero-order chi connectivity index (χ0) is 25.0. The van der Waals surface area contributed by atoms with Gasteiger partial charge in [0.2, 0.25) is 5.91 Å². The van der Waals surface area contributed by atoms with Crippen LogP contribution in [-0.4, -0.2) is 53.7 Å². The lowest BCUT2D eigenvalue weighted by molar-refractivity contribution is -0.143. The van der Waals surface area contributed by atoms with Gasteiger partial charge in [-0.3, -0.25) is 9.59 Å². The van der Waals surface area contributed by atoms with E-state index in [1.165, 1.54) is 6.07 Å². The predicted molar refractivity (Wildman–Crippen MR) is 132 cm³/mol. The lowest BCUT2D eigenvalue weighted by Gasteiger charge is -2.47. The number of carbonyl (C=O) groups excluding carboxylic acids is 2. The van der Waals surface area contributed by atoms with Gasteiger partial charge >= 0.3 is 5.63 Å². The molecule has 0 radical (unpaired) electrons. The minimum atomic E-state index is -0.587. The van der Waals surface area contributed by atoms with Crippen LogP contribution in [0.5, 0.6) is 5.75 Å². The van der Waals surface area contributed by atoms with Gasteiger partial charge in [0, 0.05) is 49.0 Å². The summed E-state index contributed by atoms with van der Waals surface area (Å²) in [4.78, 5) is 38.6. The number of aliphatic hydroxyl groups is 1. The molecule has 2 fully saturated rings. The first-order valence-corrected chi connectivity index (χ1v) is 12.8. The molecule has 0 bridgehead atoms. The van der Waals surface area contributed by atoms with Crippen molar-refractivity contribution in [1.29, 1.82) is 0 Å². The Balaban J connectivity index is 1.21. The van der Waals surface area contributed by atoms with Gasteiger partial charge in [-0.1, -0.05) is 19.8 Å². The van der Waals surface area contributed by atoms with E-state index in [0.29, 0.717) is 62.2 Å². The van der Waals surface area contributed by atoms with E-state index in [1.54, 1.807) is 13.0 Å². The largest absolute Gasteiger partial charge is 0.483 e. The minimum absolute atomic E-state index is 0.0860. The number of amides is 2. The number of hydrogen-bond donors (Lipinski definition) is 2. The highest BCUT2D eigenvalue weighted by atomic mass is 16.5. The summed E-state index contributed by atoms with van der Waals surface area (Å²) < 4.78 is 11.1. The number of ether oxygens (including phenoxy) is 1. The Morgan fingerprint density at radius 1 is 1.29 bits per heavy atom. The summed E-state index contributed by atoms with van der Waals surface area (Å²) in [6.45, 7) is 5.26. The zero-order valence-corrected chi connectivity index (χ0v) is 20.7. The fourth-order valence-electron chi connectivity index (χ4n) is 5.47. The molecule has 2 aliphatic rings. The SMILES string of the molecule is CCc1cc(=O)oc2c(C)c(OCC(=O)NCCCC(=O)N3CC[C@]4(O)CCCC[C@H]4C3)ccc12. The maximum atomic E-state index is 12.6. The highest BCUT2D eigenvalue weighted by Gasteiger charge is 2.43. The van der Waals surface area contributed by atoms with Crippen molar-refractivity contribution in [1.82, 2.24) is 10.2 Å². The molecule has 1 saturated heterocycles. The molecule has 1 aromatic heterocycles. The van der Waals surface area contributed by atoms with Gasteiger partial charge in [-0.25, -0.2) is 4.79 Å². The Hall–Kier alpha value is -2.87. The van der Waals surface area contributed by atoms with Crippen molar-refractivity contribution in [2.75, 3.05) is 26.2 Å². The van der Waals surface area contributed by atoms with Gasteiger partial charge in [0.1, 0.15) is 11.3 Å². The van der Waals surface area contributed by atoms with E-state index in [-0.39, 0.29) is 24.3 Å². The monoisotopic (exact) mass is 484 g/mol. The molecule has 2 aromatic rings. The molecule has 8 nitrogen and oxygen atoms in total. The average Bonchev–Trinajstić information content (AvgIpc) is 2.85. The smallest absolute Gasteiger partial charge is 0.336 e. The normalized spacial score (nSPS) is 22.0. The van der Waals surface area contributed by atoms with E-state index in [0.717, 1.165) is 36.6 Å². The lowest BCUT2D eigenvalue weighted by Crippen LogP contribution is -2.54. The summed E-state index contributed by atoms with van der Waals surface area (Å²) in [6.07, 6.45) is 6.32. The summed E-state index contributed by atoms with van der Waals surface area (Å²) >= 11 is 0. The van der Waals surface area contributed by atoms with E-state index in [2.05, 4.69) is 5.32 Å². The number of piperidine rings is 1. The molecule has 8 heteroatoms. The zero-order valence-electron chi connectivity index (χ0n) is 20.7. The number of fused-ring (bicyclic) bond motifs is 2. The number of likely N-dealkylation sites (tertiary alicyclic amines) is 1. The topological polar surface area (TPSA) is 109 Å². The van der Waals surface area contributed by atoms with E-state index in [4.69, 9.17) is 9.15 Å². The second-order valence-electron chi connectivity index (χ2n) is 9.89. The molecular formula is C27H36N2O6. The summed E-state index contributed by atoms with van der Waals surface area (Å²) in [6, 6.07) is 5.13. The van der Waals surface area contributed by atoms with E-state index in [1.807, 2.05) is 17.9 Å². The molecule has 190 valence electrons. The number of carbonyl (C=O) groups is 2. The second kappa shape index (κ2) is 10.8. The lowest BCUT2D eigenvalue weighted by atomic mass is 9.71. The molecular weight excluding hydrogens is 448 g/mol. The minimum Gasteiger partial charge on any atom is -0.483 e. The molecule has 1 saturated carbocycles. The third kappa shape index (κ3) is 5.69. The third-order valence-electron chi connectivity index (χ3n) is 7.61. The van der Waals surface area contributed by atoms with Crippen molar-refractivity contribution < 1.29 is 23.8 Å². The van der Waals surface area contributed by atoms with E-state index in [9.17, 15) is 19.5 Å². The van der Waals surface area contributed by atoms with E-state index < -0.39 is 11.2 Å². The summed E-state index contributed by atoms with van der Waals surface area (Å²) in [5, 5.41) is 14.5. The quantitative estimate of drug-likeness (QED) is 0.440. The number of nitrogens with one attached hydrogen (secondary N) is 1. The highest BCUT2D eigenvalue weighted by Crippen LogP contribution is 2.39. The van der Waals surface area contributed by atoms with Crippen LogP contribution in [0, 0.1) is 12.8 Å². The Morgan fingerprint density at radius 2 is 2.11 bits per heavy atom. The second-order valence-corrected chi connectivity index (χ2v) is 9.89. The number of rotatable bonds is 8. The first-order valence-electron chi connectivity index (χ1n) is 12.8.